The van der Waals surface area contributed by atoms with Crippen LogP contribution in [0.3, 0.4) is 0 Å². The van der Waals surface area contributed by atoms with E-state index in [1.165, 1.54) is 6.26 Å². The number of aromatic nitrogens is 3. The summed E-state index contributed by atoms with van der Waals surface area (Å²) in [6, 6.07) is 10.7. The van der Waals surface area contributed by atoms with Crippen LogP contribution in [0.25, 0.3) is 16.7 Å². The molecule has 1 saturated heterocycles. The Morgan fingerprint density at radius 2 is 1.87 bits per heavy atom. The lowest BCUT2D eigenvalue weighted by molar-refractivity contribution is -0.126. The van der Waals surface area contributed by atoms with E-state index in [-0.39, 0.29) is 22.5 Å². The molecule has 2 N–H and O–H groups in total. The fourth-order valence-electron chi connectivity index (χ4n) is 6.74. The molecule has 1 atom stereocenters. The van der Waals surface area contributed by atoms with Crippen molar-refractivity contribution in [1.82, 2.24) is 19.9 Å². The number of rotatable bonds is 7. The standard InChI is InChI=1S/C29H38N6O3S/c1-3-30-27(36)20-7-13-29(14-8-20)19-25(29)32-28-31-15-9-26(33-28)35-18-12-22-23(5-4-6-24(22)35)34-16-10-21(11-17-34)39(2,37)38/h4-6,9,12,15,18,20-21,25H,3,7-8,10-11,13-14,16-17,19H2,1-2H3,(H,30,36)(H,31,32,33). The fourth-order valence-corrected chi connectivity index (χ4v) is 7.81. The maximum absolute atomic E-state index is 12.2. The van der Waals surface area contributed by atoms with Crippen molar-refractivity contribution in [1.29, 1.82) is 0 Å². The van der Waals surface area contributed by atoms with Crippen molar-refractivity contribution in [2.24, 2.45) is 11.3 Å². The highest BCUT2D eigenvalue weighted by atomic mass is 32.2. The molecule has 3 heterocycles. The minimum Gasteiger partial charge on any atom is -0.371 e. The van der Waals surface area contributed by atoms with Crippen LogP contribution in [0.1, 0.15) is 51.9 Å². The number of piperidine rings is 1. The first kappa shape index (κ1) is 26.1. The Labute approximate surface area is 230 Å². The van der Waals surface area contributed by atoms with Gasteiger partial charge in [0.15, 0.2) is 0 Å². The molecule has 1 aromatic carbocycles. The Bertz CT molecular complexity index is 1470. The number of benzene rings is 1. The first-order valence-electron chi connectivity index (χ1n) is 14.2. The lowest BCUT2D eigenvalue weighted by atomic mass is 9.79. The number of nitrogens with zero attached hydrogens (tertiary/aromatic N) is 4. The normalized spacial score (nSPS) is 25.6. The Morgan fingerprint density at radius 1 is 1.10 bits per heavy atom. The molecule has 3 aliphatic rings. The van der Waals surface area contributed by atoms with Crippen LogP contribution in [0, 0.1) is 11.3 Å². The zero-order valence-corrected chi connectivity index (χ0v) is 23.6. The summed E-state index contributed by atoms with van der Waals surface area (Å²) in [4.78, 5) is 23.9. The second-order valence-electron chi connectivity index (χ2n) is 11.6. The van der Waals surface area contributed by atoms with Crippen molar-refractivity contribution < 1.29 is 13.2 Å². The Hall–Kier alpha value is -3.14. The molecule has 1 spiro atoms. The molecule has 10 heteroatoms. The molecule has 2 aromatic heterocycles. The zero-order chi connectivity index (χ0) is 27.2. The molecular weight excluding hydrogens is 512 g/mol. The number of hydrogen-bond donors (Lipinski definition) is 2. The summed E-state index contributed by atoms with van der Waals surface area (Å²) in [6.07, 6.45) is 11.7. The summed E-state index contributed by atoms with van der Waals surface area (Å²) < 4.78 is 26.1. The molecule has 2 aliphatic carbocycles. The highest BCUT2D eigenvalue weighted by molar-refractivity contribution is 7.91. The molecule has 1 amide bonds. The zero-order valence-electron chi connectivity index (χ0n) is 22.8. The van der Waals surface area contributed by atoms with E-state index >= 15 is 0 Å². The van der Waals surface area contributed by atoms with E-state index < -0.39 is 9.84 Å². The summed E-state index contributed by atoms with van der Waals surface area (Å²) >= 11 is 0. The molecule has 39 heavy (non-hydrogen) atoms. The number of nitrogens with one attached hydrogen (secondary N) is 2. The molecule has 0 radical (unpaired) electrons. The number of anilines is 2. The van der Waals surface area contributed by atoms with Crippen LogP contribution in [0.4, 0.5) is 11.6 Å². The molecule has 1 unspecified atom stereocenters. The molecule has 2 saturated carbocycles. The van der Waals surface area contributed by atoms with Crippen molar-refractivity contribution in [3.63, 3.8) is 0 Å². The van der Waals surface area contributed by atoms with E-state index in [4.69, 9.17) is 4.98 Å². The number of carbonyl (C=O) groups is 1. The Balaban J connectivity index is 1.15. The third-order valence-electron chi connectivity index (χ3n) is 9.18. The molecule has 208 valence electrons. The predicted octanol–water partition coefficient (Wildman–Crippen LogP) is 3.93. The van der Waals surface area contributed by atoms with Gasteiger partial charge in [-0.15, -0.1) is 0 Å². The van der Waals surface area contributed by atoms with E-state index in [2.05, 4.69) is 49.4 Å². The fraction of sp³-hybridized carbons (Fsp3) is 0.552. The lowest BCUT2D eigenvalue weighted by Gasteiger charge is -2.33. The predicted molar refractivity (Wildman–Crippen MR) is 154 cm³/mol. The second-order valence-corrected chi connectivity index (χ2v) is 13.9. The van der Waals surface area contributed by atoms with Crippen LogP contribution < -0.4 is 15.5 Å². The van der Waals surface area contributed by atoms with Gasteiger partial charge in [-0.3, -0.25) is 4.79 Å². The Morgan fingerprint density at radius 3 is 2.59 bits per heavy atom. The molecule has 1 aliphatic heterocycles. The average Bonchev–Trinajstić information content (AvgIpc) is 3.38. The van der Waals surface area contributed by atoms with E-state index in [9.17, 15) is 13.2 Å². The first-order valence-corrected chi connectivity index (χ1v) is 16.1. The minimum atomic E-state index is -3.00. The number of fused-ring (bicyclic) bond motifs is 1. The van der Waals surface area contributed by atoms with Gasteiger partial charge in [0.05, 0.1) is 10.8 Å². The minimum absolute atomic E-state index is 0.148. The highest BCUT2D eigenvalue weighted by Gasteiger charge is 2.55. The molecule has 3 aromatic rings. The summed E-state index contributed by atoms with van der Waals surface area (Å²) in [6.45, 7) is 4.13. The lowest BCUT2D eigenvalue weighted by Crippen LogP contribution is -2.39. The van der Waals surface area contributed by atoms with Crippen LogP contribution in [0.15, 0.2) is 42.7 Å². The Kier molecular flexibility index (Phi) is 6.77. The number of amides is 1. The third kappa shape index (κ3) is 5.11. The highest BCUT2D eigenvalue weighted by Crippen LogP contribution is 2.58. The van der Waals surface area contributed by atoms with Crippen LogP contribution >= 0.6 is 0 Å². The van der Waals surface area contributed by atoms with E-state index in [0.717, 1.165) is 67.6 Å². The SMILES string of the molecule is CCNC(=O)C1CCC2(CC1)CC2Nc1nccc(-n2ccc3c(N4CCC(S(C)(=O)=O)CC4)cccc32)n1. The third-order valence-corrected chi connectivity index (χ3v) is 10.9. The maximum Gasteiger partial charge on any atom is 0.224 e. The van der Waals surface area contributed by atoms with Gasteiger partial charge in [0.2, 0.25) is 11.9 Å². The maximum atomic E-state index is 12.2. The smallest absolute Gasteiger partial charge is 0.224 e. The van der Waals surface area contributed by atoms with Crippen molar-refractivity contribution in [3.05, 3.63) is 42.7 Å². The summed E-state index contributed by atoms with van der Waals surface area (Å²) in [5.74, 6) is 1.80. The van der Waals surface area contributed by atoms with Gasteiger partial charge in [0.1, 0.15) is 15.7 Å². The van der Waals surface area contributed by atoms with Crippen molar-refractivity contribution in [3.8, 4) is 5.82 Å². The van der Waals surface area contributed by atoms with Crippen LogP contribution in [-0.4, -0.2) is 66.0 Å². The molecular formula is C29H38N6O3S. The van der Waals surface area contributed by atoms with Gasteiger partial charge < -0.3 is 20.1 Å². The topological polar surface area (TPSA) is 109 Å². The van der Waals surface area contributed by atoms with Gasteiger partial charge in [0.25, 0.3) is 0 Å². The largest absolute Gasteiger partial charge is 0.371 e. The van der Waals surface area contributed by atoms with E-state index in [1.54, 1.807) is 6.20 Å². The number of hydrogen-bond acceptors (Lipinski definition) is 7. The molecule has 6 rings (SSSR count). The quantitative estimate of drug-likeness (QED) is 0.459. The van der Waals surface area contributed by atoms with Gasteiger partial charge in [-0.05, 0) is 81.5 Å². The van der Waals surface area contributed by atoms with Gasteiger partial charge in [-0.2, -0.15) is 4.98 Å². The first-order chi connectivity index (χ1) is 18.8. The van der Waals surface area contributed by atoms with Gasteiger partial charge >= 0.3 is 0 Å². The van der Waals surface area contributed by atoms with E-state index in [0.29, 0.717) is 31.4 Å². The number of sulfone groups is 1. The summed E-state index contributed by atoms with van der Waals surface area (Å²) in [7, 11) is -3.00. The average molecular weight is 551 g/mol. The van der Waals surface area contributed by atoms with E-state index in [1.807, 2.05) is 19.2 Å². The van der Waals surface area contributed by atoms with Crippen LogP contribution in [0.5, 0.6) is 0 Å². The van der Waals surface area contributed by atoms with Gasteiger partial charge in [-0.25, -0.2) is 13.4 Å². The van der Waals surface area contributed by atoms with Crippen molar-refractivity contribution in [2.75, 3.05) is 36.1 Å². The number of carbonyl (C=O) groups excluding carboxylic acids is 1. The monoisotopic (exact) mass is 550 g/mol. The summed E-state index contributed by atoms with van der Waals surface area (Å²) in [5, 5.41) is 7.44. The van der Waals surface area contributed by atoms with Crippen molar-refractivity contribution in [2.45, 2.75) is 63.2 Å². The van der Waals surface area contributed by atoms with Gasteiger partial charge in [0, 0.05) is 61.3 Å². The summed E-state index contributed by atoms with van der Waals surface area (Å²) in [5.41, 5.74) is 2.46. The molecule has 0 bridgehead atoms. The van der Waals surface area contributed by atoms with Crippen molar-refractivity contribution >= 4 is 38.3 Å². The second kappa shape index (κ2) is 10.1. The van der Waals surface area contributed by atoms with Crippen LogP contribution in [0.2, 0.25) is 0 Å². The molecule has 3 fully saturated rings. The van der Waals surface area contributed by atoms with Crippen LogP contribution in [-0.2, 0) is 14.6 Å². The van der Waals surface area contributed by atoms with Gasteiger partial charge in [-0.1, -0.05) is 6.07 Å². The molecule has 9 nitrogen and oxygen atoms in total.